The van der Waals surface area contributed by atoms with E-state index in [9.17, 15) is 0 Å². The summed E-state index contributed by atoms with van der Waals surface area (Å²) in [5.41, 5.74) is 6.60. The average molecular weight is 452 g/mol. The van der Waals surface area contributed by atoms with Crippen molar-refractivity contribution in [3.8, 4) is 11.4 Å². The molecular formula is C27H27N6O. The molecule has 3 aliphatic rings. The van der Waals surface area contributed by atoms with Gasteiger partial charge in [-0.25, -0.2) is 0 Å². The Bertz CT molecular complexity index is 1430. The molecule has 171 valence electrons. The molecule has 2 aliphatic heterocycles. The quantitative estimate of drug-likeness (QED) is 0.489. The first kappa shape index (κ1) is 20.0. The molecule has 4 heterocycles. The van der Waals surface area contributed by atoms with Gasteiger partial charge in [0.15, 0.2) is 11.5 Å². The molecule has 2 aromatic heterocycles. The van der Waals surface area contributed by atoms with Crippen LogP contribution >= 0.6 is 0 Å². The van der Waals surface area contributed by atoms with Crippen molar-refractivity contribution in [2.24, 2.45) is 5.92 Å². The van der Waals surface area contributed by atoms with Crippen LogP contribution in [0, 0.1) is 11.8 Å². The van der Waals surface area contributed by atoms with Gasteiger partial charge in [-0.3, -0.25) is 0 Å². The zero-order valence-electron chi connectivity index (χ0n) is 19.3. The molecule has 2 aromatic carbocycles. The van der Waals surface area contributed by atoms with Gasteiger partial charge in [-0.15, -0.1) is 10.2 Å². The van der Waals surface area contributed by atoms with Crippen LogP contribution in [0.4, 0.5) is 11.4 Å². The molecular weight excluding hydrogens is 424 g/mol. The molecule has 4 aromatic rings. The van der Waals surface area contributed by atoms with Gasteiger partial charge < -0.3 is 15.0 Å². The van der Waals surface area contributed by atoms with Crippen molar-refractivity contribution >= 4 is 33.4 Å². The van der Waals surface area contributed by atoms with Crippen LogP contribution in [-0.2, 0) is 4.74 Å². The van der Waals surface area contributed by atoms with E-state index in [0.717, 1.165) is 79.5 Å². The molecule has 0 atom stereocenters. The number of hydrogen-bond donors (Lipinski definition) is 1. The largest absolute Gasteiger partial charge is 0.384 e. The molecule has 1 saturated heterocycles. The Kier molecular flexibility index (Phi) is 4.58. The van der Waals surface area contributed by atoms with Crippen molar-refractivity contribution in [3.63, 3.8) is 0 Å². The van der Waals surface area contributed by atoms with Crippen molar-refractivity contribution in [2.45, 2.75) is 19.3 Å². The third-order valence-electron chi connectivity index (χ3n) is 7.46. The predicted octanol–water partition coefficient (Wildman–Crippen LogP) is 4.59. The Hall–Kier alpha value is -3.45. The Balaban J connectivity index is 1.28. The summed E-state index contributed by atoms with van der Waals surface area (Å²) in [5, 5.41) is 20.1. The third-order valence-corrected chi connectivity index (χ3v) is 7.46. The second-order valence-corrected chi connectivity index (χ2v) is 9.60. The number of anilines is 2. The van der Waals surface area contributed by atoms with Crippen molar-refractivity contribution in [3.05, 3.63) is 60.2 Å². The molecule has 0 saturated carbocycles. The molecule has 0 bridgehead atoms. The van der Waals surface area contributed by atoms with Gasteiger partial charge in [0.2, 0.25) is 0 Å². The van der Waals surface area contributed by atoms with E-state index in [0.29, 0.717) is 5.92 Å². The third kappa shape index (κ3) is 3.26. The topological polar surface area (TPSA) is 67.6 Å². The molecule has 0 unspecified atom stereocenters. The predicted molar refractivity (Wildman–Crippen MR) is 135 cm³/mol. The zero-order valence-corrected chi connectivity index (χ0v) is 19.3. The zero-order chi connectivity index (χ0) is 22.6. The second-order valence-electron chi connectivity index (χ2n) is 9.60. The average Bonchev–Trinajstić information content (AvgIpc) is 3.55. The lowest BCUT2D eigenvalue weighted by molar-refractivity contribution is 0.0699. The number of allylic oxidation sites excluding steroid dienone is 2. The van der Waals surface area contributed by atoms with E-state index >= 15 is 0 Å². The Morgan fingerprint density at radius 3 is 2.94 bits per heavy atom. The van der Waals surface area contributed by atoms with E-state index in [1.165, 1.54) is 22.3 Å². The fraction of sp³-hybridized carbons (Fsp3) is 0.333. The van der Waals surface area contributed by atoms with E-state index in [-0.39, 0.29) is 0 Å². The Morgan fingerprint density at radius 2 is 2.03 bits per heavy atom. The SMILES string of the molecule is CN1CC[C]2C=C2c2c1cnn1c(-c3ccc4cccc(NCC5CCOCC5)c4c3)nnc21. The van der Waals surface area contributed by atoms with Crippen molar-refractivity contribution in [1.29, 1.82) is 0 Å². The Morgan fingerprint density at radius 1 is 1.12 bits per heavy atom. The number of aromatic nitrogens is 4. The molecule has 7 nitrogen and oxygen atoms in total. The van der Waals surface area contributed by atoms with Gasteiger partial charge in [-0.2, -0.15) is 9.61 Å². The lowest BCUT2D eigenvalue weighted by Gasteiger charge is -2.23. The van der Waals surface area contributed by atoms with Gasteiger partial charge in [0.1, 0.15) is 0 Å². The summed E-state index contributed by atoms with van der Waals surface area (Å²) in [7, 11) is 2.12. The molecule has 34 heavy (non-hydrogen) atoms. The van der Waals surface area contributed by atoms with E-state index in [1.54, 1.807) is 0 Å². The molecule has 1 fully saturated rings. The van der Waals surface area contributed by atoms with Crippen LogP contribution in [0.15, 0.2) is 48.7 Å². The van der Waals surface area contributed by atoms with Gasteiger partial charge in [0.25, 0.3) is 0 Å². The van der Waals surface area contributed by atoms with Crippen LogP contribution in [0.25, 0.3) is 33.4 Å². The summed E-state index contributed by atoms with van der Waals surface area (Å²) in [6.07, 6.45) is 7.54. The van der Waals surface area contributed by atoms with Gasteiger partial charge in [-0.05, 0) is 48.3 Å². The van der Waals surface area contributed by atoms with Crippen LogP contribution in [0.2, 0.25) is 0 Å². The molecule has 1 N–H and O–H groups in total. The highest BCUT2D eigenvalue weighted by Crippen LogP contribution is 2.49. The number of nitrogens with zero attached hydrogens (tertiary/aromatic N) is 5. The summed E-state index contributed by atoms with van der Waals surface area (Å²) >= 11 is 0. The number of hydrogen-bond acceptors (Lipinski definition) is 6. The fourth-order valence-electron chi connectivity index (χ4n) is 5.32. The Labute approximate surface area is 198 Å². The smallest absolute Gasteiger partial charge is 0.187 e. The fourth-order valence-corrected chi connectivity index (χ4v) is 5.32. The van der Waals surface area contributed by atoms with Gasteiger partial charge in [0.05, 0.1) is 17.4 Å². The van der Waals surface area contributed by atoms with Gasteiger partial charge in [-0.1, -0.05) is 30.3 Å². The maximum Gasteiger partial charge on any atom is 0.187 e. The summed E-state index contributed by atoms with van der Waals surface area (Å²) in [5.74, 6) is 2.85. The van der Waals surface area contributed by atoms with Crippen LogP contribution < -0.4 is 10.2 Å². The van der Waals surface area contributed by atoms with E-state index in [1.807, 2.05) is 10.7 Å². The van der Waals surface area contributed by atoms with Crippen molar-refractivity contribution in [2.75, 3.05) is 43.6 Å². The van der Waals surface area contributed by atoms with E-state index in [4.69, 9.17) is 9.84 Å². The lowest BCUT2D eigenvalue weighted by atomic mass is 9.99. The van der Waals surface area contributed by atoms with E-state index < -0.39 is 0 Å². The van der Waals surface area contributed by atoms with Gasteiger partial charge in [0, 0.05) is 55.9 Å². The minimum atomic E-state index is 0.656. The first-order chi connectivity index (χ1) is 16.8. The molecule has 0 amide bonds. The molecule has 7 heteroatoms. The maximum absolute atomic E-state index is 5.51. The number of fused-ring (bicyclic) bond motifs is 6. The molecule has 0 spiro atoms. The summed E-state index contributed by atoms with van der Waals surface area (Å²) < 4.78 is 7.41. The number of nitrogens with one attached hydrogen (secondary N) is 1. The normalized spacial score (nSPS) is 18.5. The van der Waals surface area contributed by atoms with Crippen LogP contribution in [-0.4, -0.2) is 53.2 Å². The van der Waals surface area contributed by atoms with E-state index in [2.05, 4.69) is 69.9 Å². The van der Waals surface area contributed by atoms with Crippen LogP contribution in [0.1, 0.15) is 24.8 Å². The van der Waals surface area contributed by atoms with Crippen molar-refractivity contribution in [1.82, 2.24) is 19.8 Å². The lowest BCUT2D eigenvalue weighted by Crippen LogP contribution is -2.22. The molecule has 1 aliphatic carbocycles. The number of rotatable bonds is 4. The monoisotopic (exact) mass is 451 g/mol. The first-order valence-corrected chi connectivity index (χ1v) is 12.1. The highest BCUT2D eigenvalue weighted by atomic mass is 16.5. The van der Waals surface area contributed by atoms with Gasteiger partial charge >= 0.3 is 0 Å². The van der Waals surface area contributed by atoms with Crippen LogP contribution in [0.5, 0.6) is 0 Å². The molecule has 1 radical (unpaired) electrons. The number of ether oxygens (including phenoxy) is 1. The summed E-state index contributed by atoms with van der Waals surface area (Å²) in [6, 6.07) is 12.9. The summed E-state index contributed by atoms with van der Waals surface area (Å²) in [4.78, 5) is 2.27. The van der Waals surface area contributed by atoms with Crippen molar-refractivity contribution < 1.29 is 4.74 Å². The maximum atomic E-state index is 5.51. The highest BCUT2D eigenvalue weighted by molar-refractivity contribution is 6.03. The second kappa shape index (κ2) is 7.81. The standard InChI is InChI=1S/C27H27N6O/c1-32-10-7-19-13-22(19)25-24(32)16-29-33-26(30-31-27(25)33)20-6-5-18-3-2-4-23(21(18)14-20)28-15-17-8-11-34-12-9-17/h2-6,13-14,16-17,28H,7-12,15H2,1H3. The summed E-state index contributed by atoms with van der Waals surface area (Å²) in [6.45, 7) is 3.70. The minimum Gasteiger partial charge on any atom is -0.384 e. The first-order valence-electron chi connectivity index (χ1n) is 12.1. The number of benzene rings is 2. The molecule has 7 rings (SSSR count). The van der Waals surface area contributed by atoms with Crippen LogP contribution in [0.3, 0.4) is 0 Å². The highest BCUT2D eigenvalue weighted by Gasteiger charge is 2.35. The minimum absolute atomic E-state index is 0.656.